The minimum absolute atomic E-state index is 0.0861. The quantitative estimate of drug-likeness (QED) is 0.502. The second-order valence-corrected chi connectivity index (χ2v) is 3.21. The number of benzene rings is 1. The lowest BCUT2D eigenvalue weighted by atomic mass is 10.2. The Bertz CT molecular complexity index is 446. The number of rotatable bonds is 5. The molecule has 1 aromatic carbocycles. The van der Waals surface area contributed by atoms with Gasteiger partial charge in [-0.15, -0.1) is 0 Å². The van der Waals surface area contributed by atoms with Crippen LogP contribution >= 0.6 is 0 Å². The second kappa shape index (κ2) is 10.5. The molecule has 0 heterocycles. The summed E-state index contributed by atoms with van der Waals surface area (Å²) in [5.41, 5.74) is 1.17. The number of carboxylic acids is 1. The first kappa shape index (κ1) is 16.4. The molecule has 1 N–H and O–H groups in total. The Kier molecular flexibility index (Phi) is 9.08. The molecule has 0 amide bonds. The lowest BCUT2D eigenvalue weighted by Crippen LogP contribution is -2.01. The zero-order valence-corrected chi connectivity index (χ0v) is 10.5. The van der Waals surface area contributed by atoms with Crippen molar-refractivity contribution in [3.8, 4) is 0 Å². The third kappa shape index (κ3) is 10.3. The number of hydrogen-bond donors (Lipinski definition) is 1. The van der Waals surface area contributed by atoms with E-state index in [1.165, 1.54) is 11.6 Å². The highest BCUT2D eigenvalue weighted by Crippen LogP contribution is 1.97. The predicted octanol–water partition coefficient (Wildman–Crippen LogP) is 2.69. The standard InChI is InChI=1S/C8H8.C7H8O4/c1-2-8-6-4-3-5-7-8;1-2-5-11-7(10)4-3-6(8)9/h2-7H,1H2;2-4H,1,5H2,(H,8,9). The Hall–Kier alpha value is -2.62. The molecule has 4 nitrogen and oxygen atoms in total. The van der Waals surface area contributed by atoms with Crippen LogP contribution in [0.3, 0.4) is 0 Å². The van der Waals surface area contributed by atoms with E-state index in [9.17, 15) is 9.59 Å². The normalized spacial score (nSPS) is 9.05. The minimum atomic E-state index is -1.18. The Labute approximate surface area is 112 Å². The third-order valence-electron chi connectivity index (χ3n) is 1.74. The van der Waals surface area contributed by atoms with Crippen LogP contribution in [0.5, 0.6) is 0 Å². The van der Waals surface area contributed by atoms with E-state index >= 15 is 0 Å². The first-order chi connectivity index (χ1) is 9.10. The van der Waals surface area contributed by atoms with Crippen molar-refractivity contribution in [3.05, 3.63) is 67.3 Å². The van der Waals surface area contributed by atoms with E-state index in [4.69, 9.17) is 5.11 Å². The number of aliphatic carboxylic acids is 1. The molecule has 0 aliphatic rings. The summed E-state index contributed by atoms with van der Waals surface area (Å²) in [6, 6.07) is 10.0. The summed E-state index contributed by atoms with van der Waals surface area (Å²) in [6.45, 7) is 7.03. The smallest absolute Gasteiger partial charge is 0.331 e. The average Bonchev–Trinajstić information content (AvgIpc) is 2.44. The van der Waals surface area contributed by atoms with Gasteiger partial charge in [0.25, 0.3) is 0 Å². The van der Waals surface area contributed by atoms with Crippen molar-refractivity contribution in [3.63, 3.8) is 0 Å². The molecule has 0 aliphatic carbocycles. The summed E-state index contributed by atoms with van der Waals surface area (Å²) in [5, 5.41) is 8.07. The molecule has 0 saturated carbocycles. The van der Waals surface area contributed by atoms with Gasteiger partial charge in [0.05, 0.1) is 0 Å². The highest BCUT2D eigenvalue weighted by molar-refractivity contribution is 5.90. The van der Waals surface area contributed by atoms with Gasteiger partial charge in [-0.2, -0.15) is 0 Å². The molecule has 0 fully saturated rings. The minimum Gasteiger partial charge on any atom is -0.478 e. The van der Waals surface area contributed by atoms with Gasteiger partial charge in [-0.05, 0) is 5.56 Å². The van der Waals surface area contributed by atoms with E-state index in [0.717, 1.165) is 6.08 Å². The van der Waals surface area contributed by atoms with Crippen LogP contribution in [0.4, 0.5) is 0 Å². The van der Waals surface area contributed by atoms with Crippen LogP contribution in [0.2, 0.25) is 0 Å². The molecule has 0 aromatic heterocycles. The molecular formula is C15H16O4. The summed E-state index contributed by atoms with van der Waals surface area (Å²) in [6.07, 6.45) is 4.78. The molecule has 0 radical (unpaired) electrons. The van der Waals surface area contributed by atoms with Crippen LogP contribution in [0.25, 0.3) is 6.08 Å². The summed E-state index contributed by atoms with van der Waals surface area (Å²) in [7, 11) is 0. The van der Waals surface area contributed by atoms with Crippen LogP contribution in [-0.4, -0.2) is 23.7 Å². The average molecular weight is 260 g/mol. The lowest BCUT2D eigenvalue weighted by molar-refractivity contribution is -0.137. The monoisotopic (exact) mass is 260 g/mol. The van der Waals surface area contributed by atoms with Gasteiger partial charge in [-0.25, -0.2) is 9.59 Å². The first-order valence-electron chi connectivity index (χ1n) is 5.46. The van der Waals surface area contributed by atoms with Crippen LogP contribution in [-0.2, 0) is 14.3 Å². The SMILES string of the molecule is C=CCOC(=O)C=CC(=O)O.C=Cc1ccccc1. The molecule has 0 spiro atoms. The number of hydrogen-bond acceptors (Lipinski definition) is 3. The van der Waals surface area contributed by atoms with Crippen molar-refractivity contribution >= 4 is 18.0 Å². The fraction of sp³-hybridized carbons (Fsp3) is 0.0667. The molecule has 1 rings (SSSR count). The van der Waals surface area contributed by atoms with Crippen molar-refractivity contribution in [2.45, 2.75) is 0 Å². The van der Waals surface area contributed by atoms with Crippen LogP contribution in [0.1, 0.15) is 5.56 Å². The van der Waals surface area contributed by atoms with E-state index in [1.54, 1.807) is 0 Å². The molecule has 0 atom stereocenters. The van der Waals surface area contributed by atoms with Gasteiger partial charge >= 0.3 is 11.9 Å². The van der Waals surface area contributed by atoms with Gasteiger partial charge in [-0.3, -0.25) is 0 Å². The zero-order chi connectivity index (χ0) is 14.5. The summed E-state index contributed by atoms with van der Waals surface area (Å²) < 4.78 is 4.43. The van der Waals surface area contributed by atoms with Crippen molar-refractivity contribution in [1.29, 1.82) is 0 Å². The van der Waals surface area contributed by atoms with Crippen LogP contribution in [0.15, 0.2) is 61.7 Å². The fourth-order valence-corrected chi connectivity index (χ4v) is 0.918. The Morgan fingerprint density at radius 2 is 1.79 bits per heavy atom. The van der Waals surface area contributed by atoms with Gasteiger partial charge < -0.3 is 9.84 Å². The fourth-order valence-electron chi connectivity index (χ4n) is 0.918. The third-order valence-corrected chi connectivity index (χ3v) is 1.74. The van der Waals surface area contributed by atoms with E-state index in [2.05, 4.69) is 17.9 Å². The molecule has 0 aliphatic heterocycles. The molecule has 0 bridgehead atoms. The Balaban J connectivity index is 0.000000356. The van der Waals surface area contributed by atoms with Crippen molar-refractivity contribution < 1.29 is 19.4 Å². The van der Waals surface area contributed by atoms with E-state index < -0.39 is 11.9 Å². The van der Waals surface area contributed by atoms with Gasteiger partial charge in [-0.1, -0.05) is 55.6 Å². The summed E-state index contributed by atoms with van der Waals surface area (Å²) >= 11 is 0. The molecule has 19 heavy (non-hydrogen) atoms. The highest BCUT2D eigenvalue weighted by Gasteiger charge is 1.94. The number of carbonyl (C=O) groups is 2. The molecule has 4 heteroatoms. The van der Waals surface area contributed by atoms with Crippen molar-refractivity contribution in [2.75, 3.05) is 6.61 Å². The van der Waals surface area contributed by atoms with Crippen LogP contribution in [0, 0.1) is 0 Å². The maximum absolute atomic E-state index is 10.5. The first-order valence-corrected chi connectivity index (χ1v) is 5.46. The molecule has 0 saturated heterocycles. The second-order valence-electron chi connectivity index (χ2n) is 3.21. The summed E-state index contributed by atoms with van der Waals surface area (Å²) in [4.78, 5) is 20.3. The zero-order valence-electron chi connectivity index (χ0n) is 10.5. The van der Waals surface area contributed by atoms with Gasteiger partial charge in [0.1, 0.15) is 6.61 Å². The molecular weight excluding hydrogens is 244 g/mol. The van der Waals surface area contributed by atoms with Gasteiger partial charge in [0, 0.05) is 12.2 Å². The molecule has 100 valence electrons. The predicted molar refractivity (Wildman–Crippen MR) is 74.5 cm³/mol. The number of esters is 1. The van der Waals surface area contributed by atoms with E-state index in [-0.39, 0.29) is 6.61 Å². The van der Waals surface area contributed by atoms with Gasteiger partial charge in [0.2, 0.25) is 0 Å². The lowest BCUT2D eigenvalue weighted by Gasteiger charge is -1.93. The number of carboxylic acid groups (broad SMARTS) is 1. The highest BCUT2D eigenvalue weighted by atomic mass is 16.5. The Morgan fingerprint density at radius 3 is 2.21 bits per heavy atom. The van der Waals surface area contributed by atoms with Crippen molar-refractivity contribution in [1.82, 2.24) is 0 Å². The maximum Gasteiger partial charge on any atom is 0.331 e. The van der Waals surface area contributed by atoms with E-state index in [0.29, 0.717) is 6.08 Å². The maximum atomic E-state index is 10.5. The number of ether oxygens (including phenoxy) is 1. The van der Waals surface area contributed by atoms with Gasteiger partial charge in [0.15, 0.2) is 0 Å². The van der Waals surface area contributed by atoms with Crippen molar-refractivity contribution in [2.24, 2.45) is 0 Å². The van der Waals surface area contributed by atoms with Crippen LogP contribution < -0.4 is 0 Å². The molecule has 0 unspecified atom stereocenters. The largest absolute Gasteiger partial charge is 0.478 e. The number of carbonyl (C=O) groups excluding carboxylic acids is 1. The van der Waals surface area contributed by atoms with E-state index in [1.807, 2.05) is 36.4 Å². The summed E-state index contributed by atoms with van der Waals surface area (Å²) in [5.74, 6) is -1.87. The topological polar surface area (TPSA) is 63.6 Å². The molecule has 1 aromatic rings. The Morgan fingerprint density at radius 1 is 1.16 bits per heavy atom.